The topological polar surface area (TPSA) is 115 Å². The highest BCUT2D eigenvalue weighted by molar-refractivity contribution is 6.03. The Hall–Kier alpha value is -4.22. The number of amides is 2. The molecule has 2 amide bonds. The zero-order valence-corrected chi connectivity index (χ0v) is 18.1. The van der Waals surface area contributed by atoms with Crippen molar-refractivity contribution in [2.45, 2.75) is 26.6 Å². The maximum Gasteiger partial charge on any atom is 0.416 e. The summed E-state index contributed by atoms with van der Waals surface area (Å²) in [4.78, 5) is 36.7. The van der Waals surface area contributed by atoms with Crippen LogP contribution in [0.25, 0.3) is 0 Å². The first-order valence-corrected chi connectivity index (χ1v) is 10.0. The highest BCUT2D eigenvalue weighted by Crippen LogP contribution is 2.30. The minimum Gasteiger partial charge on any atom is -0.462 e. The number of anilines is 2. The molecule has 2 aromatic carbocycles. The Kier molecular flexibility index (Phi) is 7.29. The van der Waals surface area contributed by atoms with E-state index in [0.717, 1.165) is 12.1 Å². The van der Waals surface area contributed by atoms with Crippen molar-refractivity contribution in [2.24, 2.45) is 0 Å². The zero-order valence-electron chi connectivity index (χ0n) is 18.1. The van der Waals surface area contributed by atoms with Gasteiger partial charge in [0, 0.05) is 11.4 Å². The van der Waals surface area contributed by atoms with Crippen LogP contribution in [0.15, 0.2) is 48.5 Å². The van der Waals surface area contributed by atoms with Crippen molar-refractivity contribution >= 4 is 29.2 Å². The molecular weight excluding hydrogens is 455 g/mol. The Morgan fingerprint density at radius 2 is 1.71 bits per heavy atom. The summed E-state index contributed by atoms with van der Waals surface area (Å²) >= 11 is 0. The van der Waals surface area contributed by atoms with E-state index in [1.54, 1.807) is 25.1 Å². The number of nitrogens with zero attached hydrogens (tertiary/aromatic N) is 3. The van der Waals surface area contributed by atoms with Gasteiger partial charge in [0.15, 0.2) is 5.69 Å². The third kappa shape index (κ3) is 5.97. The molecule has 1 aromatic heterocycles. The largest absolute Gasteiger partial charge is 0.462 e. The first kappa shape index (κ1) is 24.4. The second-order valence-electron chi connectivity index (χ2n) is 7.06. The fourth-order valence-corrected chi connectivity index (χ4v) is 2.96. The number of hydrogen-bond donors (Lipinski definition) is 2. The number of nitrogens with one attached hydrogen (secondary N) is 2. The van der Waals surface area contributed by atoms with Gasteiger partial charge in [-0.3, -0.25) is 9.59 Å². The van der Waals surface area contributed by atoms with Gasteiger partial charge in [0.05, 0.1) is 23.4 Å². The Morgan fingerprint density at radius 3 is 2.38 bits per heavy atom. The lowest BCUT2D eigenvalue weighted by Crippen LogP contribution is -2.21. The highest BCUT2D eigenvalue weighted by atomic mass is 19.4. The van der Waals surface area contributed by atoms with Gasteiger partial charge in [0.1, 0.15) is 6.54 Å². The van der Waals surface area contributed by atoms with Gasteiger partial charge in [-0.25, -0.2) is 9.48 Å². The fourth-order valence-electron chi connectivity index (χ4n) is 2.96. The van der Waals surface area contributed by atoms with E-state index in [1.807, 2.05) is 0 Å². The van der Waals surface area contributed by atoms with Crippen molar-refractivity contribution in [3.05, 3.63) is 71.0 Å². The molecule has 0 bridgehead atoms. The Balaban J connectivity index is 1.66. The summed E-state index contributed by atoms with van der Waals surface area (Å²) in [5, 5.41) is 12.5. The van der Waals surface area contributed by atoms with Crippen molar-refractivity contribution in [1.29, 1.82) is 0 Å². The molecular formula is C22H20F3N5O4. The predicted octanol–water partition coefficient (Wildman–Crippen LogP) is 3.67. The van der Waals surface area contributed by atoms with Crippen LogP contribution in [0.3, 0.4) is 0 Å². The first-order chi connectivity index (χ1) is 16.1. The zero-order chi connectivity index (χ0) is 24.9. The molecule has 1 heterocycles. The molecule has 3 aromatic rings. The Labute approximate surface area is 191 Å². The highest BCUT2D eigenvalue weighted by Gasteiger charge is 2.30. The van der Waals surface area contributed by atoms with Gasteiger partial charge < -0.3 is 15.4 Å². The monoisotopic (exact) mass is 475 g/mol. The molecule has 178 valence electrons. The minimum absolute atomic E-state index is 0.0620. The molecule has 0 spiro atoms. The number of hydrogen-bond acceptors (Lipinski definition) is 6. The van der Waals surface area contributed by atoms with Crippen molar-refractivity contribution < 1.29 is 32.3 Å². The average molecular weight is 475 g/mol. The standard InChI is InChI=1S/C22H20F3N5O4/c1-3-34-21(33)14-6-4-8-16(10-14)26-18(31)12-30-13(2)19(28-29-30)20(32)27-17-9-5-7-15(11-17)22(23,24)25/h4-11H,3,12H2,1-2H3,(H,26,31)(H,27,32). The van der Waals surface area contributed by atoms with Crippen molar-refractivity contribution in [3.63, 3.8) is 0 Å². The van der Waals surface area contributed by atoms with Gasteiger partial charge in [-0.2, -0.15) is 13.2 Å². The Morgan fingerprint density at radius 1 is 1.03 bits per heavy atom. The van der Waals surface area contributed by atoms with E-state index in [1.165, 1.54) is 29.8 Å². The molecule has 0 fully saturated rings. The number of halogens is 3. The van der Waals surface area contributed by atoms with Crippen molar-refractivity contribution in [1.82, 2.24) is 15.0 Å². The maximum absolute atomic E-state index is 12.9. The number of ether oxygens (including phenoxy) is 1. The van der Waals surface area contributed by atoms with Gasteiger partial charge in [0.25, 0.3) is 5.91 Å². The van der Waals surface area contributed by atoms with E-state index in [-0.39, 0.29) is 35.8 Å². The van der Waals surface area contributed by atoms with Crippen LogP contribution in [-0.4, -0.2) is 39.4 Å². The summed E-state index contributed by atoms with van der Waals surface area (Å²) in [5.41, 5.74) is -0.252. The van der Waals surface area contributed by atoms with Crippen LogP contribution in [-0.2, 0) is 22.3 Å². The van der Waals surface area contributed by atoms with E-state index in [0.29, 0.717) is 5.69 Å². The molecule has 0 atom stereocenters. The molecule has 0 saturated heterocycles. The number of carbonyl (C=O) groups excluding carboxylic acids is 3. The molecule has 3 rings (SSSR count). The summed E-state index contributed by atoms with van der Waals surface area (Å²) in [6.45, 7) is 3.10. The minimum atomic E-state index is -4.55. The first-order valence-electron chi connectivity index (χ1n) is 10.0. The van der Waals surface area contributed by atoms with Crippen molar-refractivity contribution in [3.8, 4) is 0 Å². The number of aromatic nitrogens is 3. The van der Waals surface area contributed by atoms with E-state index in [2.05, 4.69) is 20.9 Å². The number of benzene rings is 2. The van der Waals surface area contributed by atoms with Crippen LogP contribution >= 0.6 is 0 Å². The number of carbonyl (C=O) groups is 3. The van der Waals surface area contributed by atoms with E-state index in [4.69, 9.17) is 4.74 Å². The van der Waals surface area contributed by atoms with Gasteiger partial charge in [-0.05, 0) is 50.2 Å². The lowest BCUT2D eigenvalue weighted by Gasteiger charge is -2.09. The molecule has 2 N–H and O–H groups in total. The van der Waals surface area contributed by atoms with Crippen LogP contribution in [0.1, 0.15) is 39.0 Å². The molecule has 0 saturated carbocycles. The lowest BCUT2D eigenvalue weighted by molar-refractivity contribution is -0.137. The second-order valence-corrected chi connectivity index (χ2v) is 7.06. The smallest absolute Gasteiger partial charge is 0.416 e. The molecule has 0 aliphatic carbocycles. The summed E-state index contributed by atoms with van der Waals surface area (Å²) in [6.07, 6.45) is -4.55. The third-order valence-corrected chi connectivity index (χ3v) is 4.60. The van der Waals surface area contributed by atoms with Gasteiger partial charge in [-0.15, -0.1) is 5.10 Å². The SMILES string of the molecule is CCOC(=O)c1cccc(NC(=O)Cn2nnc(C(=O)Nc3cccc(C(F)(F)F)c3)c2C)c1. The number of alkyl halides is 3. The molecule has 0 radical (unpaired) electrons. The van der Waals surface area contributed by atoms with E-state index in [9.17, 15) is 27.6 Å². The average Bonchev–Trinajstić information content (AvgIpc) is 3.13. The molecule has 9 nitrogen and oxygen atoms in total. The lowest BCUT2D eigenvalue weighted by atomic mass is 10.2. The van der Waals surface area contributed by atoms with Crippen LogP contribution in [0.2, 0.25) is 0 Å². The molecule has 0 aliphatic rings. The number of esters is 1. The van der Waals surface area contributed by atoms with Crippen LogP contribution < -0.4 is 10.6 Å². The number of rotatable bonds is 7. The van der Waals surface area contributed by atoms with Gasteiger partial charge >= 0.3 is 12.1 Å². The molecule has 12 heteroatoms. The predicted molar refractivity (Wildman–Crippen MR) is 115 cm³/mol. The molecule has 0 aliphatic heterocycles. The normalized spacial score (nSPS) is 11.1. The third-order valence-electron chi connectivity index (χ3n) is 4.60. The summed E-state index contributed by atoms with van der Waals surface area (Å²) in [7, 11) is 0. The quantitative estimate of drug-likeness (QED) is 0.504. The van der Waals surface area contributed by atoms with Crippen LogP contribution in [0.5, 0.6) is 0 Å². The van der Waals surface area contributed by atoms with Gasteiger partial charge in [-0.1, -0.05) is 17.3 Å². The second kappa shape index (κ2) is 10.1. The van der Waals surface area contributed by atoms with Crippen LogP contribution in [0.4, 0.5) is 24.5 Å². The summed E-state index contributed by atoms with van der Waals surface area (Å²) in [5.74, 6) is -1.80. The van der Waals surface area contributed by atoms with E-state index >= 15 is 0 Å². The summed E-state index contributed by atoms with van der Waals surface area (Å²) in [6, 6.07) is 10.3. The van der Waals surface area contributed by atoms with Crippen LogP contribution in [0, 0.1) is 6.92 Å². The summed E-state index contributed by atoms with van der Waals surface area (Å²) < 4.78 is 44.7. The Bertz CT molecular complexity index is 1220. The molecule has 34 heavy (non-hydrogen) atoms. The molecule has 0 unspecified atom stereocenters. The maximum atomic E-state index is 12.9. The van der Waals surface area contributed by atoms with Crippen molar-refractivity contribution in [2.75, 3.05) is 17.2 Å². The van der Waals surface area contributed by atoms with E-state index < -0.39 is 29.5 Å². The van der Waals surface area contributed by atoms with Gasteiger partial charge in [0.2, 0.25) is 5.91 Å². The fraction of sp³-hybridized carbons (Fsp3) is 0.227.